The van der Waals surface area contributed by atoms with Crippen LogP contribution < -0.4 is 24.0 Å². The van der Waals surface area contributed by atoms with Crippen LogP contribution in [0.25, 0.3) is 0 Å². The average Bonchev–Trinajstić information content (AvgIpc) is 2.38. The Bertz CT molecular complexity index is 339. The van der Waals surface area contributed by atoms with Crippen LogP contribution in [0.15, 0.2) is 5.16 Å². The normalized spacial score (nSPS) is 39.6. The first-order chi connectivity index (χ1) is 8.74. The summed E-state index contributed by atoms with van der Waals surface area (Å²) in [7, 11) is 2.45. The number of rotatable bonds is 1. The molecule has 3 atom stereocenters. The molecule has 0 aromatic heterocycles. The van der Waals surface area contributed by atoms with Gasteiger partial charge in [-0.1, -0.05) is 11.6 Å². The minimum atomic E-state index is 0. The second kappa shape index (κ2) is 6.29. The highest BCUT2D eigenvalue weighted by atomic mass is 127. The Morgan fingerprint density at radius 3 is 2.42 bits per heavy atom. The maximum absolute atomic E-state index is 9.38. The van der Waals surface area contributed by atoms with Crippen molar-refractivity contribution in [2.24, 2.45) is 17.0 Å². The first-order valence-corrected chi connectivity index (χ1v) is 7.81. The van der Waals surface area contributed by atoms with E-state index in [-0.39, 0.29) is 24.0 Å². The van der Waals surface area contributed by atoms with Crippen LogP contribution in [-0.2, 0) is 0 Å². The lowest BCUT2D eigenvalue weighted by atomic mass is 9.67. The van der Waals surface area contributed by atoms with Gasteiger partial charge in [-0.2, -0.15) is 0 Å². The summed E-state index contributed by atoms with van der Waals surface area (Å²) in [6.07, 6.45) is 10.6. The molecule has 3 aliphatic rings. The number of quaternary nitrogens is 1. The van der Waals surface area contributed by atoms with Gasteiger partial charge in [-0.05, 0) is 38.5 Å². The second-order valence-corrected chi connectivity index (χ2v) is 6.89. The van der Waals surface area contributed by atoms with Gasteiger partial charge in [0.05, 0.1) is 37.8 Å². The first-order valence-electron chi connectivity index (χ1n) is 7.81. The SMILES string of the molecule is C[N+]1(C2CCC3CCCC2C3=NO)CCCCC1.[I-]. The standard InChI is InChI=1S/C15H26N2O.HI/c1-17(10-3-2-4-11-17)14-9-8-12-6-5-7-13(14)15(12)16-18;/h12-14H,2-11H2,1H3;1H. The van der Waals surface area contributed by atoms with Crippen molar-refractivity contribution >= 4 is 5.71 Å². The molecule has 3 rings (SSSR count). The minimum absolute atomic E-state index is 0. The number of oxime groups is 1. The minimum Gasteiger partial charge on any atom is -1.00 e. The van der Waals surface area contributed by atoms with Crippen LogP contribution in [0.2, 0.25) is 0 Å². The van der Waals surface area contributed by atoms with Crippen molar-refractivity contribution in [2.45, 2.75) is 57.4 Å². The molecule has 1 aliphatic heterocycles. The monoisotopic (exact) mass is 378 g/mol. The van der Waals surface area contributed by atoms with Gasteiger partial charge < -0.3 is 33.7 Å². The second-order valence-electron chi connectivity index (χ2n) is 6.89. The third kappa shape index (κ3) is 2.80. The summed E-state index contributed by atoms with van der Waals surface area (Å²) in [5.74, 6) is 1.17. The lowest BCUT2D eigenvalue weighted by Gasteiger charge is -2.51. The molecule has 2 aliphatic carbocycles. The maximum Gasteiger partial charge on any atom is 0.0971 e. The van der Waals surface area contributed by atoms with Crippen molar-refractivity contribution in [2.75, 3.05) is 20.1 Å². The molecule has 0 aromatic rings. The first kappa shape index (κ1) is 15.5. The molecular formula is C15H27IN2O. The Labute approximate surface area is 134 Å². The van der Waals surface area contributed by atoms with Crippen molar-refractivity contribution in [1.29, 1.82) is 0 Å². The quantitative estimate of drug-likeness (QED) is 0.297. The number of hydrogen-bond acceptors (Lipinski definition) is 2. The molecule has 0 spiro atoms. The number of likely N-dealkylation sites (tertiary alicyclic amines) is 1. The maximum atomic E-state index is 9.38. The fourth-order valence-electron chi connectivity index (χ4n) is 4.91. The zero-order chi connectivity index (χ0) is 12.6. The van der Waals surface area contributed by atoms with Crippen molar-refractivity contribution in [3.05, 3.63) is 0 Å². The lowest BCUT2D eigenvalue weighted by Crippen LogP contribution is -3.00. The van der Waals surface area contributed by atoms with Crippen LogP contribution in [0, 0.1) is 11.8 Å². The van der Waals surface area contributed by atoms with Gasteiger partial charge in [0, 0.05) is 12.3 Å². The van der Waals surface area contributed by atoms with Crippen molar-refractivity contribution in [1.82, 2.24) is 0 Å². The zero-order valence-corrected chi connectivity index (χ0v) is 14.2. The fourth-order valence-corrected chi connectivity index (χ4v) is 4.91. The van der Waals surface area contributed by atoms with Gasteiger partial charge >= 0.3 is 0 Å². The van der Waals surface area contributed by atoms with E-state index in [1.807, 2.05) is 0 Å². The molecule has 1 heterocycles. The van der Waals surface area contributed by atoms with E-state index in [4.69, 9.17) is 0 Å². The van der Waals surface area contributed by atoms with Crippen LogP contribution in [0.5, 0.6) is 0 Å². The van der Waals surface area contributed by atoms with Gasteiger partial charge in [-0.3, -0.25) is 0 Å². The van der Waals surface area contributed by atoms with E-state index >= 15 is 0 Å². The molecule has 2 saturated carbocycles. The predicted octanol–water partition coefficient (Wildman–Crippen LogP) is 0.0298. The zero-order valence-electron chi connectivity index (χ0n) is 12.0. The highest BCUT2D eigenvalue weighted by molar-refractivity contribution is 5.90. The Morgan fingerprint density at radius 1 is 1.00 bits per heavy atom. The molecule has 3 unspecified atom stereocenters. The van der Waals surface area contributed by atoms with Gasteiger partial charge in [0.25, 0.3) is 0 Å². The molecule has 0 amide bonds. The van der Waals surface area contributed by atoms with Gasteiger partial charge in [0.1, 0.15) is 0 Å². The number of halogens is 1. The third-order valence-electron chi connectivity index (χ3n) is 5.90. The summed E-state index contributed by atoms with van der Waals surface area (Å²) >= 11 is 0. The van der Waals surface area contributed by atoms with E-state index in [0.717, 1.165) is 11.8 Å². The van der Waals surface area contributed by atoms with Crippen molar-refractivity contribution in [3.63, 3.8) is 0 Å². The van der Waals surface area contributed by atoms with E-state index in [1.54, 1.807) is 0 Å². The van der Waals surface area contributed by atoms with Crippen LogP contribution in [0.1, 0.15) is 51.4 Å². The summed E-state index contributed by atoms with van der Waals surface area (Å²) in [6.45, 7) is 2.68. The topological polar surface area (TPSA) is 32.6 Å². The largest absolute Gasteiger partial charge is 1.00 e. The van der Waals surface area contributed by atoms with Gasteiger partial charge in [-0.15, -0.1) is 0 Å². The molecule has 2 bridgehead atoms. The van der Waals surface area contributed by atoms with Crippen LogP contribution >= 0.6 is 0 Å². The summed E-state index contributed by atoms with van der Waals surface area (Å²) in [5, 5.41) is 13.1. The summed E-state index contributed by atoms with van der Waals surface area (Å²) in [6, 6.07) is 0.729. The lowest BCUT2D eigenvalue weighted by molar-refractivity contribution is -0.941. The van der Waals surface area contributed by atoms with Crippen molar-refractivity contribution < 1.29 is 33.7 Å². The Morgan fingerprint density at radius 2 is 1.74 bits per heavy atom. The van der Waals surface area contributed by atoms with E-state index in [9.17, 15) is 5.21 Å². The predicted molar refractivity (Wildman–Crippen MR) is 72.8 cm³/mol. The Hall–Kier alpha value is 0.160. The van der Waals surface area contributed by atoms with Crippen LogP contribution in [-0.4, -0.2) is 41.6 Å². The fraction of sp³-hybridized carbons (Fsp3) is 0.933. The van der Waals surface area contributed by atoms with Gasteiger partial charge in [-0.25, -0.2) is 0 Å². The highest BCUT2D eigenvalue weighted by Crippen LogP contribution is 2.42. The molecule has 1 saturated heterocycles. The molecule has 0 aromatic carbocycles. The van der Waals surface area contributed by atoms with E-state index < -0.39 is 0 Å². The van der Waals surface area contributed by atoms with Crippen molar-refractivity contribution in [3.8, 4) is 0 Å². The summed E-state index contributed by atoms with van der Waals surface area (Å²) in [4.78, 5) is 0. The summed E-state index contributed by atoms with van der Waals surface area (Å²) < 4.78 is 1.25. The van der Waals surface area contributed by atoms with E-state index in [1.165, 1.54) is 68.9 Å². The molecule has 0 radical (unpaired) electrons. The molecule has 4 heteroatoms. The summed E-state index contributed by atoms with van der Waals surface area (Å²) in [5.41, 5.74) is 1.16. The van der Waals surface area contributed by atoms with Crippen LogP contribution in [0.3, 0.4) is 0 Å². The van der Waals surface area contributed by atoms with Crippen LogP contribution in [0.4, 0.5) is 0 Å². The van der Waals surface area contributed by atoms with E-state index in [2.05, 4.69) is 12.2 Å². The highest BCUT2D eigenvalue weighted by Gasteiger charge is 2.48. The Balaban J connectivity index is 0.00000133. The molecule has 19 heavy (non-hydrogen) atoms. The molecule has 3 fully saturated rings. The number of fused-ring (bicyclic) bond motifs is 2. The smallest absolute Gasteiger partial charge is 0.0971 e. The number of piperidine rings is 1. The number of hydrogen-bond donors (Lipinski definition) is 1. The average molecular weight is 378 g/mol. The molecule has 3 nitrogen and oxygen atoms in total. The van der Waals surface area contributed by atoms with Gasteiger partial charge in [0.15, 0.2) is 0 Å². The van der Waals surface area contributed by atoms with Gasteiger partial charge in [0.2, 0.25) is 0 Å². The molecule has 110 valence electrons. The molecular weight excluding hydrogens is 351 g/mol. The Kier molecular flexibility index (Phi) is 5.15. The number of nitrogens with zero attached hydrogens (tertiary/aromatic N) is 2. The van der Waals surface area contributed by atoms with E-state index in [0.29, 0.717) is 11.8 Å². The third-order valence-corrected chi connectivity index (χ3v) is 5.90. The molecule has 1 N–H and O–H groups in total.